The third-order valence-electron chi connectivity index (χ3n) is 5.49. The van der Waals surface area contributed by atoms with Crippen LogP contribution in [0, 0.1) is 11.2 Å². The first kappa shape index (κ1) is 23.2. The molecule has 0 spiro atoms. The number of carbonyl (C=O) groups excluding carboxylic acids is 2. The van der Waals surface area contributed by atoms with E-state index in [9.17, 15) is 14.0 Å². The van der Waals surface area contributed by atoms with Crippen molar-refractivity contribution in [1.29, 1.82) is 0 Å². The van der Waals surface area contributed by atoms with Gasteiger partial charge in [0.05, 0.1) is 12.1 Å². The van der Waals surface area contributed by atoms with Crippen LogP contribution in [-0.2, 0) is 18.4 Å². The Balaban J connectivity index is 1.61. The van der Waals surface area contributed by atoms with Crippen LogP contribution in [0.15, 0.2) is 60.8 Å². The second-order valence-electron chi connectivity index (χ2n) is 9.29. The quantitative estimate of drug-likeness (QED) is 0.457. The zero-order valence-corrected chi connectivity index (χ0v) is 19.5. The molecule has 4 aromatic rings. The third-order valence-corrected chi connectivity index (χ3v) is 5.49. The van der Waals surface area contributed by atoms with Gasteiger partial charge in [0.2, 0.25) is 5.91 Å². The van der Waals surface area contributed by atoms with Crippen molar-refractivity contribution in [3.8, 4) is 0 Å². The molecular formula is C25H27FN6O2. The number of hydrogen-bond acceptors (Lipinski definition) is 4. The molecule has 9 heteroatoms. The minimum atomic E-state index is -0.831. The van der Waals surface area contributed by atoms with Crippen LogP contribution in [0.5, 0.6) is 0 Å². The van der Waals surface area contributed by atoms with Crippen LogP contribution in [0.3, 0.4) is 0 Å². The fourth-order valence-corrected chi connectivity index (χ4v) is 3.73. The van der Waals surface area contributed by atoms with Gasteiger partial charge < -0.3 is 10.6 Å². The molecule has 2 amide bonds. The number of para-hydroxylation sites is 1. The summed E-state index contributed by atoms with van der Waals surface area (Å²) in [7, 11) is 1.76. The van der Waals surface area contributed by atoms with Gasteiger partial charge in [-0.2, -0.15) is 10.2 Å². The van der Waals surface area contributed by atoms with Crippen LogP contribution in [0.1, 0.15) is 36.8 Å². The van der Waals surface area contributed by atoms with Crippen molar-refractivity contribution in [2.75, 3.05) is 5.32 Å². The Morgan fingerprint density at radius 1 is 1.03 bits per heavy atom. The van der Waals surface area contributed by atoms with Crippen LogP contribution in [0.2, 0.25) is 0 Å². The van der Waals surface area contributed by atoms with Crippen molar-refractivity contribution in [3.05, 3.63) is 77.9 Å². The first-order valence-corrected chi connectivity index (χ1v) is 10.9. The van der Waals surface area contributed by atoms with E-state index in [0.29, 0.717) is 17.7 Å². The Bertz CT molecular complexity index is 1330. The largest absolute Gasteiger partial charge is 0.338 e. The number of benzene rings is 2. The average molecular weight is 463 g/mol. The van der Waals surface area contributed by atoms with E-state index in [-0.39, 0.29) is 17.4 Å². The first-order chi connectivity index (χ1) is 16.1. The van der Waals surface area contributed by atoms with Crippen molar-refractivity contribution in [2.45, 2.75) is 33.4 Å². The van der Waals surface area contributed by atoms with Crippen LogP contribution in [-0.4, -0.2) is 37.4 Å². The third kappa shape index (κ3) is 4.98. The standard InChI is InChI=1S/C25H27FN6O2/c1-25(2,3)22(24(34)27-20-13-14-31(4)29-20)28-23(33)21-18-7-5-6-8-19(18)32(30-21)15-16-9-11-17(26)12-10-16/h5-14,22H,15H2,1-4H3,(H,28,33)(H,27,29,34)/t22-/m1/s1. The summed E-state index contributed by atoms with van der Waals surface area (Å²) in [6.45, 7) is 6.00. The van der Waals surface area contributed by atoms with Gasteiger partial charge in [-0.15, -0.1) is 0 Å². The van der Waals surface area contributed by atoms with Gasteiger partial charge in [0.15, 0.2) is 11.5 Å². The molecule has 1 atom stereocenters. The lowest BCUT2D eigenvalue weighted by molar-refractivity contribution is -0.120. The van der Waals surface area contributed by atoms with Gasteiger partial charge in [-0.25, -0.2) is 4.39 Å². The molecule has 0 aliphatic heterocycles. The van der Waals surface area contributed by atoms with E-state index in [1.54, 1.807) is 40.8 Å². The number of aromatic nitrogens is 4. The number of amides is 2. The Hall–Kier alpha value is -4.01. The highest BCUT2D eigenvalue weighted by molar-refractivity contribution is 6.07. The minimum absolute atomic E-state index is 0.220. The molecule has 8 nitrogen and oxygen atoms in total. The van der Waals surface area contributed by atoms with Crippen LogP contribution in [0.4, 0.5) is 10.2 Å². The van der Waals surface area contributed by atoms with Crippen molar-refractivity contribution < 1.29 is 14.0 Å². The molecule has 0 unspecified atom stereocenters. The number of nitrogens with one attached hydrogen (secondary N) is 2. The van der Waals surface area contributed by atoms with Crippen molar-refractivity contribution in [3.63, 3.8) is 0 Å². The molecule has 0 aliphatic rings. The number of aryl methyl sites for hydroxylation is 1. The Kier molecular flexibility index (Phi) is 6.19. The highest BCUT2D eigenvalue weighted by atomic mass is 19.1. The van der Waals surface area contributed by atoms with Gasteiger partial charge in [0, 0.05) is 24.7 Å². The molecule has 0 saturated heterocycles. The molecule has 2 heterocycles. The lowest BCUT2D eigenvalue weighted by Crippen LogP contribution is -2.51. The summed E-state index contributed by atoms with van der Waals surface area (Å²) in [5.74, 6) is -0.726. The lowest BCUT2D eigenvalue weighted by atomic mass is 9.86. The van der Waals surface area contributed by atoms with E-state index in [2.05, 4.69) is 20.8 Å². The summed E-state index contributed by atoms with van der Waals surface area (Å²) in [6, 6.07) is 14.4. The van der Waals surface area contributed by atoms with Crippen molar-refractivity contribution in [2.24, 2.45) is 12.5 Å². The molecule has 34 heavy (non-hydrogen) atoms. The summed E-state index contributed by atoms with van der Waals surface area (Å²) in [5.41, 5.74) is 1.27. The van der Waals surface area contributed by atoms with Crippen molar-refractivity contribution >= 4 is 28.5 Å². The highest BCUT2D eigenvalue weighted by Gasteiger charge is 2.34. The average Bonchev–Trinajstić information content (AvgIpc) is 3.36. The molecule has 2 N–H and O–H groups in total. The zero-order chi connectivity index (χ0) is 24.5. The van der Waals surface area contributed by atoms with Gasteiger partial charge in [0.1, 0.15) is 11.9 Å². The monoisotopic (exact) mass is 462 g/mol. The van der Waals surface area contributed by atoms with Crippen molar-refractivity contribution in [1.82, 2.24) is 24.9 Å². The number of rotatable bonds is 6. The summed E-state index contributed by atoms with van der Waals surface area (Å²) in [4.78, 5) is 26.4. The number of anilines is 1. The Morgan fingerprint density at radius 2 is 1.74 bits per heavy atom. The van der Waals surface area contributed by atoms with Crippen LogP contribution < -0.4 is 10.6 Å². The molecule has 2 aromatic heterocycles. The summed E-state index contributed by atoms with van der Waals surface area (Å²) < 4.78 is 16.6. The van der Waals surface area contributed by atoms with E-state index >= 15 is 0 Å². The predicted octanol–water partition coefficient (Wildman–Crippen LogP) is 3.74. The molecule has 0 fully saturated rings. The molecule has 0 aliphatic carbocycles. The second kappa shape index (κ2) is 9.09. The number of hydrogen-bond donors (Lipinski definition) is 2. The van der Waals surface area contributed by atoms with E-state index in [1.165, 1.54) is 12.1 Å². The normalized spacial score (nSPS) is 12.5. The first-order valence-electron chi connectivity index (χ1n) is 10.9. The summed E-state index contributed by atoms with van der Waals surface area (Å²) in [5, 5.41) is 15.0. The van der Waals surface area contributed by atoms with Gasteiger partial charge in [-0.1, -0.05) is 51.1 Å². The molecule has 0 saturated carbocycles. The maximum absolute atomic E-state index is 13.4. The van der Waals surface area contributed by atoms with E-state index in [1.807, 2.05) is 45.0 Å². The Labute approximate surface area is 196 Å². The zero-order valence-electron chi connectivity index (χ0n) is 19.5. The van der Waals surface area contributed by atoms with Crippen LogP contribution >= 0.6 is 0 Å². The van der Waals surface area contributed by atoms with E-state index in [4.69, 9.17) is 0 Å². The van der Waals surface area contributed by atoms with Gasteiger partial charge in [0.25, 0.3) is 5.91 Å². The molecule has 176 valence electrons. The minimum Gasteiger partial charge on any atom is -0.338 e. The molecule has 2 aromatic carbocycles. The topological polar surface area (TPSA) is 93.8 Å². The number of nitrogens with zero attached hydrogens (tertiary/aromatic N) is 4. The fraction of sp³-hybridized carbons (Fsp3) is 0.280. The Morgan fingerprint density at radius 3 is 2.38 bits per heavy atom. The number of carbonyl (C=O) groups is 2. The SMILES string of the molecule is Cn1ccc(NC(=O)[C@@H](NC(=O)c2nn(Cc3ccc(F)cc3)c3ccccc23)C(C)(C)C)n1. The molecule has 0 radical (unpaired) electrons. The summed E-state index contributed by atoms with van der Waals surface area (Å²) >= 11 is 0. The molecular weight excluding hydrogens is 435 g/mol. The maximum atomic E-state index is 13.4. The smallest absolute Gasteiger partial charge is 0.273 e. The predicted molar refractivity (Wildman–Crippen MR) is 128 cm³/mol. The van der Waals surface area contributed by atoms with E-state index in [0.717, 1.165) is 11.1 Å². The maximum Gasteiger partial charge on any atom is 0.273 e. The van der Waals surface area contributed by atoms with E-state index < -0.39 is 17.4 Å². The van der Waals surface area contributed by atoms with Gasteiger partial charge >= 0.3 is 0 Å². The number of halogens is 1. The highest BCUT2D eigenvalue weighted by Crippen LogP contribution is 2.24. The lowest BCUT2D eigenvalue weighted by Gasteiger charge is -2.29. The van der Waals surface area contributed by atoms with Crippen LogP contribution in [0.25, 0.3) is 10.9 Å². The summed E-state index contributed by atoms with van der Waals surface area (Å²) in [6.07, 6.45) is 1.72. The van der Waals surface area contributed by atoms with Gasteiger partial charge in [-0.3, -0.25) is 19.0 Å². The second-order valence-corrected chi connectivity index (χ2v) is 9.29. The molecule has 0 bridgehead atoms. The number of fused-ring (bicyclic) bond motifs is 1. The fourth-order valence-electron chi connectivity index (χ4n) is 3.73. The molecule has 4 rings (SSSR count). The van der Waals surface area contributed by atoms with Gasteiger partial charge in [-0.05, 0) is 29.2 Å².